The molecule has 0 aromatic carbocycles. The maximum atomic E-state index is 7.98. The lowest BCUT2D eigenvalue weighted by Crippen LogP contribution is -1.51. The van der Waals surface area contributed by atoms with E-state index >= 15 is 0 Å². The fourth-order valence-electron chi connectivity index (χ4n) is 0.197. The Balaban J connectivity index is 2.97. The fourth-order valence-corrected chi connectivity index (χ4v) is 0.486. The van der Waals surface area contributed by atoms with Crippen molar-refractivity contribution in [2.45, 2.75) is 6.42 Å². The lowest BCUT2D eigenvalue weighted by molar-refractivity contribution is 1.36. The van der Waals surface area contributed by atoms with Gasteiger partial charge in [-0.25, -0.2) is 0 Å². The summed E-state index contributed by atoms with van der Waals surface area (Å²) in [5, 5.41) is 9.89. The monoisotopic (exact) mass is 113 g/mol. The minimum atomic E-state index is 0.529. The van der Waals surface area contributed by atoms with Crippen molar-refractivity contribution in [2.24, 2.45) is 0 Å². The molecule has 0 rings (SSSR count). The first kappa shape index (κ1) is 6.58. The Bertz CT molecular complexity index is 90.7. The van der Waals surface area contributed by atoms with Gasteiger partial charge in [0.1, 0.15) is 0 Å². The van der Waals surface area contributed by atoms with Crippen LogP contribution in [0.3, 0.4) is 0 Å². The van der Waals surface area contributed by atoms with Gasteiger partial charge in [-0.05, 0) is 11.7 Å². The van der Waals surface area contributed by atoms with Crippen molar-refractivity contribution in [2.75, 3.05) is 6.26 Å². The molecule has 0 amide bonds. The average Bonchev–Trinajstić information content (AvgIpc) is 1.69. The van der Waals surface area contributed by atoms with Crippen LogP contribution in [0.1, 0.15) is 6.42 Å². The molecule has 0 heterocycles. The van der Waals surface area contributed by atoms with Gasteiger partial charge in [0, 0.05) is 0 Å². The van der Waals surface area contributed by atoms with E-state index in [9.17, 15) is 0 Å². The van der Waals surface area contributed by atoms with E-state index in [4.69, 9.17) is 5.26 Å². The first-order chi connectivity index (χ1) is 3.41. The molecule has 0 spiro atoms. The highest BCUT2D eigenvalue weighted by Gasteiger charge is 1.66. The topological polar surface area (TPSA) is 23.8 Å². The molecule has 0 fully saturated rings. The molecule has 0 aliphatic rings. The number of hydrogen-bond donors (Lipinski definition) is 0. The normalized spacial score (nSPS) is 9.14. The number of rotatable bonds is 2. The van der Waals surface area contributed by atoms with Crippen LogP contribution in [0.5, 0.6) is 0 Å². The van der Waals surface area contributed by atoms with Crippen molar-refractivity contribution in [3.05, 3.63) is 11.5 Å². The van der Waals surface area contributed by atoms with Gasteiger partial charge in [0.2, 0.25) is 0 Å². The van der Waals surface area contributed by atoms with E-state index < -0.39 is 0 Å². The smallest absolute Gasteiger partial charge is 0.0663 e. The highest BCUT2D eigenvalue weighted by atomic mass is 32.2. The summed E-state index contributed by atoms with van der Waals surface area (Å²) < 4.78 is 0. The summed E-state index contributed by atoms with van der Waals surface area (Å²) >= 11 is 1.61. The van der Waals surface area contributed by atoms with E-state index in [0.29, 0.717) is 6.42 Å². The zero-order chi connectivity index (χ0) is 5.54. The van der Waals surface area contributed by atoms with E-state index in [-0.39, 0.29) is 0 Å². The summed E-state index contributed by atoms with van der Waals surface area (Å²) in [6, 6.07) is 2.00. The summed E-state index contributed by atoms with van der Waals surface area (Å²) in [5.74, 6) is 0. The molecule has 0 bridgehead atoms. The van der Waals surface area contributed by atoms with Crippen LogP contribution in [-0.2, 0) is 0 Å². The number of hydrogen-bond acceptors (Lipinski definition) is 2. The molecule has 7 heavy (non-hydrogen) atoms. The van der Waals surface area contributed by atoms with Crippen molar-refractivity contribution in [1.29, 1.82) is 5.26 Å². The third-order valence-corrected chi connectivity index (χ3v) is 0.906. The highest BCUT2D eigenvalue weighted by molar-refractivity contribution is 8.01. The third kappa shape index (κ3) is 5.58. The summed E-state index contributed by atoms with van der Waals surface area (Å²) in [7, 11) is 0. The van der Waals surface area contributed by atoms with Gasteiger partial charge in [-0.1, -0.05) is 6.08 Å². The molecule has 0 atom stereocenters. The van der Waals surface area contributed by atoms with Crippen LogP contribution in [0, 0.1) is 11.3 Å². The number of allylic oxidation sites excluding steroid dienone is 1. The van der Waals surface area contributed by atoms with Gasteiger partial charge in [0.15, 0.2) is 0 Å². The zero-order valence-electron chi connectivity index (χ0n) is 4.22. The van der Waals surface area contributed by atoms with Gasteiger partial charge >= 0.3 is 0 Å². The van der Waals surface area contributed by atoms with Crippen molar-refractivity contribution in [1.82, 2.24) is 0 Å². The molecule has 0 unspecified atom stereocenters. The molecule has 0 aromatic heterocycles. The molecule has 0 radical (unpaired) electrons. The Hall–Kier alpha value is -0.420. The predicted molar refractivity (Wildman–Crippen MR) is 32.9 cm³/mol. The zero-order valence-corrected chi connectivity index (χ0v) is 5.03. The van der Waals surface area contributed by atoms with Crippen LogP contribution in [0.2, 0.25) is 0 Å². The molecular formula is C5H7NS. The molecule has 1 nitrogen and oxygen atoms in total. The van der Waals surface area contributed by atoms with Gasteiger partial charge in [0.25, 0.3) is 0 Å². The molecule has 0 aromatic rings. The van der Waals surface area contributed by atoms with Gasteiger partial charge < -0.3 is 0 Å². The first-order valence-corrected chi connectivity index (χ1v) is 3.25. The standard InChI is InChI=1S/C5H7NS/c1-7-5-3-2-4-6/h3,5H,2H2,1H3/b5-3-. The summed E-state index contributed by atoms with van der Waals surface area (Å²) in [6.07, 6.45) is 4.33. The van der Waals surface area contributed by atoms with E-state index in [1.165, 1.54) is 0 Å². The summed E-state index contributed by atoms with van der Waals surface area (Å²) in [4.78, 5) is 0. The minimum absolute atomic E-state index is 0.529. The van der Waals surface area contributed by atoms with E-state index in [0.717, 1.165) is 0 Å². The average molecular weight is 113 g/mol. The fraction of sp³-hybridized carbons (Fsp3) is 0.400. The van der Waals surface area contributed by atoms with E-state index in [2.05, 4.69) is 0 Å². The largest absolute Gasteiger partial charge is 0.198 e. The Kier molecular flexibility index (Phi) is 5.25. The van der Waals surface area contributed by atoms with Crippen molar-refractivity contribution in [3.63, 3.8) is 0 Å². The Labute approximate surface area is 48.0 Å². The molecule has 2 heteroatoms. The molecule has 0 aliphatic heterocycles. The van der Waals surface area contributed by atoms with Gasteiger partial charge in [-0.2, -0.15) is 5.26 Å². The van der Waals surface area contributed by atoms with E-state index in [1.807, 2.05) is 23.8 Å². The summed E-state index contributed by atoms with van der Waals surface area (Å²) in [5.41, 5.74) is 0. The van der Waals surface area contributed by atoms with Crippen LogP contribution < -0.4 is 0 Å². The number of nitriles is 1. The first-order valence-electron chi connectivity index (χ1n) is 1.96. The lowest BCUT2D eigenvalue weighted by atomic mass is 10.5. The molecule has 0 saturated heterocycles. The van der Waals surface area contributed by atoms with Gasteiger partial charge in [-0.15, -0.1) is 11.8 Å². The van der Waals surface area contributed by atoms with E-state index in [1.54, 1.807) is 11.8 Å². The van der Waals surface area contributed by atoms with Crippen molar-refractivity contribution >= 4 is 11.8 Å². The summed E-state index contributed by atoms with van der Waals surface area (Å²) in [6.45, 7) is 0. The van der Waals surface area contributed by atoms with Crippen LogP contribution in [0.4, 0.5) is 0 Å². The molecule has 0 aliphatic carbocycles. The minimum Gasteiger partial charge on any atom is -0.198 e. The SMILES string of the molecule is CS/C=C\CC#N. The lowest BCUT2D eigenvalue weighted by Gasteiger charge is -1.71. The van der Waals surface area contributed by atoms with Gasteiger partial charge in [0.05, 0.1) is 12.5 Å². The van der Waals surface area contributed by atoms with Crippen LogP contribution in [-0.4, -0.2) is 6.26 Å². The second-order valence-electron chi connectivity index (χ2n) is 0.970. The second kappa shape index (κ2) is 5.58. The highest BCUT2D eigenvalue weighted by Crippen LogP contribution is 1.93. The van der Waals surface area contributed by atoms with Crippen molar-refractivity contribution in [3.8, 4) is 6.07 Å². The van der Waals surface area contributed by atoms with Crippen LogP contribution in [0.15, 0.2) is 11.5 Å². The molecule has 38 valence electrons. The van der Waals surface area contributed by atoms with Crippen LogP contribution in [0.25, 0.3) is 0 Å². The number of thioether (sulfide) groups is 1. The molecule has 0 N–H and O–H groups in total. The Morgan fingerprint density at radius 2 is 2.57 bits per heavy atom. The van der Waals surface area contributed by atoms with Crippen molar-refractivity contribution < 1.29 is 0 Å². The predicted octanol–water partition coefficient (Wildman–Crippen LogP) is 1.78. The maximum Gasteiger partial charge on any atom is 0.0663 e. The molecule has 0 saturated carbocycles. The Morgan fingerprint density at radius 1 is 1.86 bits per heavy atom. The maximum absolute atomic E-state index is 7.98. The second-order valence-corrected chi connectivity index (χ2v) is 1.71. The van der Waals surface area contributed by atoms with Crippen LogP contribution >= 0.6 is 11.8 Å². The molecular weight excluding hydrogens is 106 g/mol. The quantitative estimate of drug-likeness (QED) is 0.545. The van der Waals surface area contributed by atoms with Gasteiger partial charge in [-0.3, -0.25) is 0 Å². The number of nitrogens with zero attached hydrogens (tertiary/aromatic N) is 1. The third-order valence-electron chi connectivity index (χ3n) is 0.441. The Morgan fingerprint density at radius 3 is 3.00 bits per heavy atom.